The molecule has 1 atom stereocenters. The molecule has 0 aliphatic rings. The van der Waals surface area contributed by atoms with E-state index in [1.165, 1.54) is 0 Å². The van der Waals surface area contributed by atoms with Crippen molar-refractivity contribution < 1.29 is 18.9 Å². The maximum absolute atomic E-state index is 11.5. The van der Waals surface area contributed by atoms with E-state index in [1.807, 2.05) is 43.3 Å². The van der Waals surface area contributed by atoms with Crippen LogP contribution < -0.4 is 9.61 Å². The van der Waals surface area contributed by atoms with Crippen LogP contribution in [0.1, 0.15) is 19.8 Å². The molecule has 124 valence electrons. The Kier molecular flexibility index (Phi) is 6.54. The molecular formula is C16H20NO4PS. The Hall–Kier alpha value is -1.46. The largest absolute Gasteiger partial charge is 0.465 e. The minimum atomic E-state index is -3.33. The summed E-state index contributed by atoms with van der Waals surface area (Å²) in [5.41, 5.74) is 0. The number of rotatable bonds is 8. The lowest BCUT2D eigenvalue weighted by Crippen LogP contribution is -2.24. The van der Waals surface area contributed by atoms with Gasteiger partial charge in [-0.05, 0) is 29.7 Å². The Morgan fingerprint density at radius 3 is 2.78 bits per heavy atom. The SMILES string of the molecule is CCCCOC(=O)CNP(O)(=S)Oc1cccc2ccccc12. The van der Waals surface area contributed by atoms with Crippen molar-refractivity contribution in [1.82, 2.24) is 5.09 Å². The van der Waals surface area contributed by atoms with Crippen molar-refractivity contribution in [3.63, 3.8) is 0 Å². The second kappa shape index (κ2) is 8.41. The van der Waals surface area contributed by atoms with Crippen LogP contribution >= 0.6 is 6.64 Å². The predicted molar refractivity (Wildman–Crippen MR) is 94.9 cm³/mol. The van der Waals surface area contributed by atoms with Crippen LogP contribution in [0.5, 0.6) is 5.75 Å². The third kappa shape index (κ3) is 5.59. The van der Waals surface area contributed by atoms with Gasteiger partial charge in [0.2, 0.25) is 0 Å². The van der Waals surface area contributed by atoms with Gasteiger partial charge >= 0.3 is 12.6 Å². The highest BCUT2D eigenvalue weighted by Gasteiger charge is 2.18. The van der Waals surface area contributed by atoms with E-state index in [0.717, 1.165) is 23.6 Å². The van der Waals surface area contributed by atoms with Gasteiger partial charge in [0.05, 0.1) is 6.61 Å². The summed E-state index contributed by atoms with van der Waals surface area (Å²) in [4.78, 5) is 21.8. The number of hydrogen-bond acceptors (Lipinski definition) is 4. The molecule has 0 bridgehead atoms. The summed E-state index contributed by atoms with van der Waals surface area (Å²) >= 11 is 5.07. The van der Waals surface area contributed by atoms with Crippen molar-refractivity contribution in [2.24, 2.45) is 0 Å². The molecular weight excluding hydrogens is 333 g/mol. The van der Waals surface area contributed by atoms with Crippen molar-refractivity contribution >= 4 is 35.2 Å². The van der Waals surface area contributed by atoms with Crippen molar-refractivity contribution in [2.75, 3.05) is 13.2 Å². The van der Waals surface area contributed by atoms with E-state index in [2.05, 4.69) is 5.09 Å². The molecule has 0 aliphatic heterocycles. The van der Waals surface area contributed by atoms with Gasteiger partial charge in [-0.25, -0.2) is 5.09 Å². The first-order valence-corrected chi connectivity index (χ1v) is 10.1. The first kappa shape index (κ1) is 17.9. The smallest absolute Gasteiger partial charge is 0.320 e. The van der Waals surface area contributed by atoms with E-state index in [4.69, 9.17) is 21.1 Å². The first-order chi connectivity index (χ1) is 11.0. The number of fused-ring (bicyclic) bond motifs is 1. The summed E-state index contributed by atoms with van der Waals surface area (Å²) in [6.45, 7) is -1.13. The highest BCUT2D eigenvalue weighted by atomic mass is 32.5. The van der Waals surface area contributed by atoms with Gasteiger partial charge in [0.1, 0.15) is 12.3 Å². The lowest BCUT2D eigenvalue weighted by molar-refractivity contribution is -0.142. The molecule has 0 amide bonds. The molecule has 0 fully saturated rings. The number of ether oxygens (including phenoxy) is 1. The van der Waals surface area contributed by atoms with Gasteiger partial charge in [0, 0.05) is 5.39 Å². The topological polar surface area (TPSA) is 67.8 Å². The number of unbranched alkanes of at least 4 members (excludes halogenated alkanes) is 1. The monoisotopic (exact) mass is 353 g/mol. The standard InChI is InChI=1S/C16H20NO4PS/c1-2-3-11-20-16(18)12-17-22(19,23)21-15-10-6-8-13-7-4-5-9-14(13)15/h4-10H,2-3,11-12H2,1H3,(H2,17,19,23). The molecule has 2 aromatic rings. The van der Waals surface area contributed by atoms with Crippen LogP contribution in [-0.4, -0.2) is 24.0 Å². The summed E-state index contributed by atoms with van der Waals surface area (Å²) in [6.07, 6.45) is 1.76. The van der Waals surface area contributed by atoms with Gasteiger partial charge in [-0.2, -0.15) is 0 Å². The minimum Gasteiger partial charge on any atom is -0.465 e. The summed E-state index contributed by atoms with van der Waals surface area (Å²) in [5, 5.41) is 4.42. The summed E-state index contributed by atoms with van der Waals surface area (Å²) < 4.78 is 10.6. The van der Waals surface area contributed by atoms with E-state index in [-0.39, 0.29) is 6.54 Å². The van der Waals surface area contributed by atoms with Crippen molar-refractivity contribution in [2.45, 2.75) is 19.8 Å². The molecule has 0 saturated carbocycles. The Balaban J connectivity index is 1.97. The van der Waals surface area contributed by atoms with E-state index in [1.54, 1.807) is 6.07 Å². The van der Waals surface area contributed by atoms with Crippen molar-refractivity contribution in [3.05, 3.63) is 42.5 Å². The second-order valence-electron chi connectivity index (χ2n) is 5.00. The molecule has 2 rings (SSSR count). The zero-order valence-electron chi connectivity index (χ0n) is 12.9. The number of esters is 1. The lowest BCUT2D eigenvalue weighted by Gasteiger charge is -2.18. The predicted octanol–water partition coefficient (Wildman–Crippen LogP) is 3.37. The maximum atomic E-state index is 11.5. The van der Waals surface area contributed by atoms with E-state index in [9.17, 15) is 9.69 Å². The van der Waals surface area contributed by atoms with Gasteiger partial charge in [0.15, 0.2) is 0 Å². The van der Waals surface area contributed by atoms with Crippen LogP contribution in [0.15, 0.2) is 42.5 Å². The van der Waals surface area contributed by atoms with Gasteiger partial charge in [-0.1, -0.05) is 49.7 Å². The summed E-state index contributed by atoms with van der Waals surface area (Å²) in [6, 6.07) is 13.1. The highest BCUT2D eigenvalue weighted by molar-refractivity contribution is 8.08. The second-order valence-corrected chi connectivity index (χ2v) is 8.02. The van der Waals surface area contributed by atoms with Gasteiger partial charge < -0.3 is 14.2 Å². The fourth-order valence-electron chi connectivity index (χ4n) is 1.99. The van der Waals surface area contributed by atoms with Gasteiger partial charge in [-0.3, -0.25) is 4.79 Å². The molecule has 7 heteroatoms. The van der Waals surface area contributed by atoms with Crippen molar-refractivity contribution in [3.8, 4) is 5.75 Å². The highest BCUT2D eigenvalue weighted by Crippen LogP contribution is 2.41. The minimum absolute atomic E-state index is 0.178. The average molecular weight is 353 g/mol. The number of benzene rings is 2. The van der Waals surface area contributed by atoms with Crippen LogP contribution in [-0.2, 0) is 21.3 Å². The Morgan fingerprint density at radius 1 is 1.26 bits per heavy atom. The fraction of sp³-hybridized carbons (Fsp3) is 0.312. The molecule has 1 unspecified atom stereocenters. The third-order valence-corrected chi connectivity index (χ3v) is 4.77. The van der Waals surface area contributed by atoms with E-state index < -0.39 is 12.6 Å². The van der Waals surface area contributed by atoms with Crippen LogP contribution in [0.3, 0.4) is 0 Å². The summed E-state index contributed by atoms with van der Waals surface area (Å²) in [7, 11) is 0. The molecule has 2 N–H and O–H groups in total. The average Bonchev–Trinajstić information content (AvgIpc) is 2.53. The van der Waals surface area contributed by atoms with Crippen LogP contribution in [0.25, 0.3) is 10.8 Å². The van der Waals surface area contributed by atoms with Gasteiger partial charge in [-0.15, -0.1) is 0 Å². The van der Waals surface area contributed by atoms with Crippen LogP contribution in [0.4, 0.5) is 0 Å². The molecule has 0 spiro atoms. The molecule has 0 saturated heterocycles. The van der Waals surface area contributed by atoms with Crippen LogP contribution in [0.2, 0.25) is 0 Å². The molecule has 0 aliphatic carbocycles. The number of nitrogens with one attached hydrogen (secondary N) is 1. The van der Waals surface area contributed by atoms with Crippen molar-refractivity contribution in [1.29, 1.82) is 0 Å². The normalized spacial score (nSPS) is 13.5. The van der Waals surface area contributed by atoms with Crippen LogP contribution in [0, 0.1) is 0 Å². The Labute approximate surface area is 140 Å². The quantitative estimate of drug-likeness (QED) is 0.431. The Bertz CT molecular complexity index is 717. The summed E-state index contributed by atoms with van der Waals surface area (Å²) in [5.74, 6) is 0.0315. The third-order valence-electron chi connectivity index (χ3n) is 3.16. The zero-order chi connectivity index (χ0) is 16.7. The van der Waals surface area contributed by atoms with E-state index in [0.29, 0.717) is 12.4 Å². The number of carbonyl (C=O) groups is 1. The molecule has 23 heavy (non-hydrogen) atoms. The van der Waals surface area contributed by atoms with E-state index >= 15 is 0 Å². The first-order valence-electron chi connectivity index (χ1n) is 7.43. The molecule has 0 heterocycles. The fourth-order valence-corrected chi connectivity index (χ4v) is 3.24. The number of hydrogen-bond donors (Lipinski definition) is 2. The number of carbonyl (C=O) groups excluding carboxylic acids is 1. The molecule has 5 nitrogen and oxygen atoms in total. The molecule has 0 aromatic heterocycles. The Morgan fingerprint density at radius 2 is 2.00 bits per heavy atom. The molecule has 0 radical (unpaired) electrons. The zero-order valence-corrected chi connectivity index (χ0v) is 14.6. The molecule has 2 aromatic carbocycles. The van der Waals surface area contributed by atoms with Gasteiger partial charge in [0.25, 0.3) is 0 Å². The lowest BCUT2D eigenvalue weighted by atomic mass is 10.1. The maximum Gasteiger partial charge on any atom is 0.320 e.